The number of nitrogens with zero attached hydrogens (tertiary/aromatic N) is 1. The van der Waals surface area contributed by atoms with Gasteiger partial charge < -0.3 is 10.5 Å². The number of ether oxygens (including phenoxy) is 1. The first-order chi connectivity index (χ1) is 7.20. The molecule has 0 aliphatic heterocycles. The molecule has 0 unspecified atom stereocenters. The van der Waals surface area contributed by atoms with Crippen LogP contribution < -0.4 is 10.5 Å². The van der Waals surface area contributed by atoms with Crippen LogP contribution in [0.1, 0.15) is 12.6 Å². The molecule has 0 saturated carbocycles. The lowest BCUT2D eigenvalue weighted by Gasteiger charge is -2.08. The number of aryl methyl sites for hydroxylation is 1. The predicted molar refractivity (Wildman–Crippen MR) is 62.1 cm³/mol. The summed E-state index contributed by atoms with van der Waals surface area (Å²) in [6, 6.07) is 7.70. The Bertz CT molecular complexity index is 494. The maximum atomic E-state index is 5.79. The molecule has 1 aromatic carbocycles. The van der Waals surface area contributed by atoms with Crippen LogP contribution in [0.4, 0.5) is 5.69 Å². The Hall–Kier alpha value is -1.77. The van der Waals surface area contributed by atoms with Crippen molar-refractivity contribution >= 4 is 16.6 Å². The van der Waals surface area contributed by atoms with E-state index in [-0.39, 0.29) is 0 Å². The van der Waals surface area contributed by atoms with Crippen LogP contribution in [0.25, 0.3) is 10.9 Å². The standard InChI is InChI=1S/C12H14N2O/c1-3-15-11-7-10(13)6-9-5-4-8(2)14-12(9)11/h4-7H,3,13H2,1-2H3. The molecule has 0 bridgehead atoms. The van der Waals surface area contributed by atoms with Crippen LogP contribution in [0, 0.1) is 6.92 Å². The molecule has 0 aliphatic rings. The van der Waals surface area contributed by atoms with Gasteiger partial charge in [-0.1, -0.05) is 6.07 Å². The van der Waals surface area contributed by atoms with Gasteiger partial charge in [-0.05, 0) is 26.0 Å². The van der Waals surface area contributed by atoms with Crippen molar-refractivity contribution < 1.29 is 4.74 Å². The highest BCUT2D eigenvalue weighted by Crippen LogP contribution is 2.27. The lowest BCUT2D eigenvalue weighted by atomic mass is 10.1. The van der Waals surface area contributed by atoms with E-state index in [2.05, 4.69) is 4.98 Å². The molecule has 1 aromatic heterocycles. The topological polar surface area (TPSA) is 48.1 Å². The summed E-state index contributed by atoms with van der Waals surface area (Å²) in [6.45, 7) is 4.53. The van der Waals surface area contributed by atoms with Gasteiger partial charge in [0.1, 0.15) is 11.3 Å². The lowest BCUT2D eigenvalue weighted by Crippen LogP contribution is -1.96. The summed E-state index contributed by atoms with van der Waals surface area (Å²) in [7, 11) is 0. The summed E-state index contributed by atoms with van der Waals surface area (Å²) in [6.07, 6.45) is 0. The maximum absolute atomic E-state index is 5.79. The van der Waals surface area contributed by atoms with Crippen molar-refractivity contribution in [2.75, 3.05) is 12.3 Å². The van der Waals surface area contributed by atoms with E-state index in [4.69, 9.17) is 10.5 Å². The van der Waals surface area contributed by atoms with E-state index in [1.54, 1.807) is 0 Å². The fourth-order valence-corrected chi connectivity index (χ4v) is 1.59. The Labute approximate surface area is 88.9 Å². The van der Waals surface area contributed by atoms with Crippen molar-refractivity contribution in [3.63, 3.8) is 0 Å². The summed E-state index contributed by atoms with van der Waals surface area (Å²) in [4.78, 5) is 4.45. The van der Waals surface area contributed by atoms with E-state index in [0.29, 0.717) is 12.3 Å². The summed E-state index contributed by atoms with van der Waals surface area (Å²) in [5.41, 5.74) is 8.35. The molecule has 15 heavy (non-hydrogen) atoms. The van der Waals surface area contributed by atoms with Crippen LogP contribution in [0.15, 0.2) is 24.3 Å². The number of aromatic nitrogens is 1. The van der Waals surface area contributed by atoms with Gasteiger partial charge in [0.15, 0.2) is 0 Å². The van der Waals surface area contributed by atoms with Crippen molar-refractivity contribution in [1.82, 2.24) is 4.98 Å². The molecule has 2 aromatic rings. The molecule has 0 spiro atoms. The molecule has 0 radical (unpaired) electrons. The van der Waals surface area contributed by atoms with Crippen molar-refractivity contribution in [3.05, 3.63) is 30.0 Å². The number of nitrogens with two attached hydrogens (primary N) is 1. The lowest BCUT2D eigenvalue weighted by molar-refractivity contribution is 0.344. The molecule has 3 heteroatoms. The molecule has 0 saturated heterocycles. The van der Waals surface area contributed by atoms with Crippen LogP contribution in [-0.2, 0) is 0 Å². The fourth-order valence-electron chi connectivity index (χ4n) is 1.59. The minimum atomic E-state index is 0.619. The molecule has 2 rings (SSSR count). The Morgan fingerprint density at radius 2 is 2.13 bits per heavy atom. The molecule has 0 aliphatic carbocycles. The number of fused-ring (bicyclic) bond motifs is 1. The summed E-state index contributed by atoms with van der Waals surface area (Å²) in [5, 5.41) is 1.02. The zero-order valence-electron chi connectivity index (χ0n) is 8.95. The summed E-state index contributed by atoms with van der Waals surface area (Å²) in [5.74, 6) is 0.760. The first kappa shape index (κ1) is 9.77. The van der Waals surface area contributed by atoms with E-state index in [1.807, 2.05) is 38.1 Å². The second-order valence-electron chi connectivity index (χ2n) is 3.48. The quantitative estimate of drug-likeness (QED) is 0.761. The minimum Gasteiger partial charge on any atom is -0.492 e. The number of hydrogen-bond donors (Lipinski definition) is 1. The molecule has 1 heterocycles. The van der Waals surface area contributed by atoms with Crippen molar-refractivity contribution in [2.24, 2.45) is 0 Å². The smallest absolute Gasteiger partial charge is 0.147 e. The minimum absolute atomic E-state index is 0.619. The number of anilines is 1. The summed E-state index contributed by atoms with van der Waals surface area (Å²) < 4.78 is 5.51. The molecular formula is C12H14N2O. The monoisotopic (exact) mass is 202 g/mol. The Balaban J connectivity index is 2.70. The van der Waals surface area contributed by atoms with Crippen LogP contribution in [0.3, 0.4) is 0 Å². The third kappa shape index (κ3) is 1.86. The molecule has 78 valence electrons. The van der Waals surface area contributed by atoms with Gasteiger partial charge in [0.25, 0.3) is 0 Å². The third-order valence-electron chi connectivity index (χ3n) is 2.22. The van der Waals surface area contributed by atoms with Crippen LogP contribution in [0.5, 0.6) is 5.75 Å². The molecular weight excluding hydrogens is 188 g/mol. The normalized spacial score (nSPS) is 10.5. The Morgan fingerprint density at radius 1 is 1.33 bits per heavy atom. The number of hydrogen-bond acceptors (Lipinski definition) is 3. The zero-order valence-corrected chi connectivity index (χ0v) is 8.95. The average molecular weight is 202 g/mol. The van der Waals surface area contributed by atoms with Gasteiger partial charge in [0, 0.05) is 22.8 Å². The Kier molecular flexibility index (Phi) is 2.46. The number of nitrogen functional groups attached to an aromatic ring is 1. The maximum Gasteiger partial charge on any atom is 0.147 e. The van der Waals surface area contributed by atoms with Gasteiger partial charge in [-0.3, -0.25) is 0 Å². The van der Waals surface area contributed by atoms with Crippen LogP contribution in [0.2, 0.25) is 0 Å². The highest BCUT2D eigenvalue weighted by Gasteiger charge is 2.05. The van der Waals surface area contributed by atoms with Crippen molar-refractivity contribution in [1.29, 1.82) is 0 Å². The molecule has 0 fully saturated rings. The van der Waals surface area contributed by atoms with Gasteiger partial charge in [-0.25, -0.2) is 4.98 Å². The van der Waals surface area contributed by atoms with E-state index < -0.39 is 0 Å². The first-order valence-corrected chi connectivity index (χ1v) is 5.00. The van der Waals surface area contributed by atoms with E-state index >= 15 is 0 Å². The highest BCUT2D eigenvalue weighted by molar-refractivity contribution is 5.87. The summed E-state index contributed by atoms with van der Waals surface area (Å²) >= 11 is 0. The highest BCUT2D eigenvalue weighted by atomic mass is 16.5. The third-order valence-corrected chi connectivity index (χ3v) is 2.22. The molecule has 0 amide bonds. The van der Waals surface area contributed by atoms with Gasteiger partial charge in [0.2, 0.25) is 0 Å². The van der Waals surface area contributed by atoms with Gasteiger partial charge in [0.05, 0.1) is 6.61 Å². The molecule has 3 nitrogen and oxygen atoms in total. The number of benzene rings is 1. The van der Waals surface area contributed by atoms with Gasteiger partial charge >= 0.3 is 0 Å². The van der Waals surface area contributed by atoms with Crippen molar-refractivity contribution in [3.8, 4) is 5.75 Å². The Morgan fingerprint density at radius 3 is 2.87 bits per heavy atom. The van der Waals surface area contributed by atoms with E-state index in [0.717, 1.165) is 22.3 Å². The largest absolute Gasteiger partial charge is 0.492 e. The van der Waals surface area contributed by atoms with Crippen molar-refractivity contribution in [2.45, 2.75) is 13.8 Å². The SMILES string of the molecule is CCOc1cc(N)cc2ccc(C)nc12. The van der Waals surface area contributed by atoms with Crippen LogP contribution >= 0.6 is 0 Å². The van der Waals surface area contributed by atoms with Gasteiger partial charge in [-0.15, -0.1) is 0 Å². The predicted octanol–water partition coefficient (Wildman–Crippen LogP) is 2.52. The molecule has 0 atom stereocenters. The van der Waals surface area contributed by atoms with E-state index in [9.17, 15) is 0 Å². The fraction of sp³-hybridized carbons (Fsp3) is 0.250. The molecule has 2 N–H and O–H groups in total. The first-order valence-electron chi connectivity index (χ1n) is 5.00. The van der Waals surface area contributed by atoms with E-state index in [1.165, 1.54) is 0 Å². The van der Waals surface area contributed by atoms with Gasteiger partial charge in [-0.2, -0.15) is 0 Å². The number of rotatable bonds is 2. The second-order valence-corrected chi connectivity index (χ2v) is 3.48. The second kappa shape index (κ2) is 3.77. The number of pyridine rings is 1. The average Bonchev–Trinajstić information content (AvgIpc) is 2.19. The zero-order chi connectivity index (χ0) is 10.8. The van der Waals surface area contributed by atoms with Crippen LogP contribution in [-0.4, -0.2) is 11.6 Å².